The average molecular weight is 393 g/mol. The van der Waals surface area contributed by atoms with Gasteiger partial charge < -0.3 is 4.74 Å². The molecule has 2 aromatic rings. The van der Waals surface area contributed by atoms with E-state index in [1.54, 1.807) is 32.4 Å². The van der Waals surface area contributed by atoms with Crippen molar-refractivity contribution in [3.8, 4) is 11.1 Å². The molecule has 1 N–H and O–H groups in total. The topological polar surface area (TPSA) is 71.5 Å². The van der Waals surface area contributed by atoms with Crippen LogP contribution >= 0.6 is 0 Å². The number of sulfonamides is 1. The first kappa shape index (κ1) is 19.9. The van der Waals surface area contributed by atoms with Crippen LogP contribution in [-0.2, 0) is 14.8 Å². The number of nitrogens with zero attached hydrogens (tertiary/aromatic N) is 2. The number of hydrogen-bond acceptors (Lipinski definition) is 5. The minimum Gasteiger partial charge on any atom is -0.378 e. The zero-order chi connectivity index (χ0) is 19.6. The summed E-state index contributed by atoms with van der Waals surface area (Å²) in [6.45, 7) is 5.98. The standard InChI is InChI=1S/C19H24FN3O3S/c1-4-23-11-18(19(12-23)26-3)22-27(24,25)16-5-6-17(13(2)7-16)14-8-15(20)10-21-9-14/h5-10,18-19,22H,4,11-12H2,1-3H3/t18-,19-/m0/s1. The van der Waals surface area contributed by atoms with E-state index in [0.29, 0.717) is 18.7 Å². The molecule has 1 aliphatic heterocycles. The van der Waals surface area contributed by atoms with Crippen molar-refractivity contribution < 1.29 is 17.5 Å². The minimum atomic E-state index is -3.69. The number of rotatable bonds is 6. The number of hydrogen-bond donors (Lipinski definition) is 1. The fourth-order valence-electron chi connectivity index (χ4n) is 3.42. The number of halogens is 1. The molecule has 0 unspecified atom stereocenters. The van der Waals surface area contributed by atoms with Crippen LogP contribution in [0.25, 0.3) is 11.1 Å². The van der Waals surface area contributed by atoms with E-state index >= 15 is 0 Å². The molecule has 1 aromatic heterocycles. The van der Waals surface area contributed by atoms with Crippen molar-refractivity contribution in [3.05, 3.63) is 48.0 Å². The largest absolute Gasteiger partial charge is 0.378 e. The molecule has 3 rings (SSSR count). The number of nitrogens with one attached hydrogen (secondary N) is 1. The van der Waals surface area contributed by atoms with Gasteiger partial charge in [0, 0.05) is 32.0 Å². The molecule has 0 amide bonds. The van der Waals surface area contributed by atoms with Gasteiger partial charge in [0.15, 0.2) is 0 Å². The Balaban J connectivity index is 1.84. The monoisotopic (exact) mass is 393 g/mol. The van der Waals surface area contributed by atoms with Crippen LogP contribution in [0.3, 0.4) is 0 Å². The Bertz CT molecular complexity index is 920. The van der Waals surface area contributed by atoms with E-state index in [4.69, 9.17) is 4.74 Å². The molecule has 0 aliphatic carbocycles. The molecule has 1 saturated heterocycles. The number of likely N-dealkylation sites (tertiary alicyclic amines) is 1. The molecule has 0 bridgehead atoms. The van der Waals surface area contributed by atoms with Crippen molar-refractivity contribution in [2.45, 2.75) is 30.9 Å². The first-order chi connectivity index (χ1) is 12.8. The first-order valence-electron chi connectivity index (χ1n) is 8.83. The molecule has 146 valence electrons. The van der Waals surface area contributed by atoms with Gasteiger partial charge in [0.1, 0.15) is 5.82 Å². The average Bonchev–Trinajstić information content (AvgIpc) is 3.03. The highest BCUT2D eigenvalue weighted by Gasteiger charge is 2.35. The summed E-state index contributed by atoms with van der Waals surface area (Å²) in [5.74, 6) is -0.433. The van der Waals surface area contributed by atoms with Gasteiger partial charge >= 0.3 is 0 Å². The fraction of sp³-hybridized carbons (Fsp3) is 0.421. The Hall–Kier alpha value is -1.87. The number of pyridine rings is 1. The lowest BCUT2D eigenvalue weighted by Crippen LogP contribution is -2.43. The summed E-state index contributed by atoms with van der Waals surface area (Å²) in [4.78, 5) is 6.17. The van der Waals surface area contributed by atoms with Crippen molar-refractivity contribution in [2.24, 2.45) is 0 Å². The third-order valence-electron chi connectivity index (χ3n) is 4.92. The zero-order valence-electron chi connectivity index (χ0n) is 15.6. The molecule has 1 aliphatic rings. The van der Waals surface area contributed by atoms with E-state index in [1.807, 2.05) is 6.92 Å². The van der Waals surface area contributed by atoms with Crippen LogP contribution in [0.2, 0.25) is 0 Å². The van der Waals surface area contributed by atoms with Crippen LogP contribution in [0, 0.1) is 12.7 Å². The van der Waals surface area contributed by atoms with Gasteiger partial charge in [-0.25, -0.2) is 17.5 Å². The van der Waals surface area contributed by atoms with Crippen LogP contribution in [0.1, 0.15) is 12.5 Å². The second-order valence-electron chi connectivity index (χ2n) is 6.72. The fourth-order valence-corrected chi connectivity index (χ4v) is 4.76. The highest BCUT2D eigenvalue weighted by molar-refractivity contribution is 7.89. The lowest BCUT2D eigenvalue weighted by atomic mass is 10.0. The Labute approximate surface area is 159 Å². The van der Waals surface area contributed by atoms with Gasteiger partial charge in [-0.2, -0.15) is 0 Å². The Morgan fingerprint density at radius 2 is 2.07 bits per heavy atom. The number of benzene rings is 1. The quantitative estimate of drug-likeness (QED) is 0.815. The highest BCUT2D eigenvalue weighted by Crippen LogP contribution is 2.26. The summed E-state index contributed by atoms with van der Waals surface area (Å²) < 4.78 is 47.3. The summed E-state index contributed by atoms with van der Waals surface area (Å²) in [7, 11) is -2.10. The number of aromatic nitrogens is 1. The molecule has 27 heavy (non-hydrogen) atoms. The summed E-state index contributed by atoms with van der Waals surface area (Å²) >= 11 is 0. The number of methoxy groups -OCH3 is 1. The van der Waals surface area contributed by atoms with Gasteiger partial charge in [-0.3, -0.25) is 9.88 Å². The number of likely N-dealkylation sites (N-methyl/N-ethyl adjacent to an activating group) is 1. The van der Waals surface area contributed by atoms with E-state index < -0.39 is 15.8 Å². The molecule has 1 aromatic carbocycles. The maximum absolute atomic E-state index is 13.4. The van der Waals surface area contributed by atoms with E-state index in [2.05, 4.69) is 14.6 Å². The van der Waals surface area contributed by atoms with Gasteiger partial charge in [-0.15, -0.1) is 0 Å². The van der Waals surface area contributed by atoms with Crippen molar-refractivity contribution in [2.75, 3.05) is 26.7 Å². The lowest BCUT2D eigenvalue weighted by molar-refractivity contribution is 0.0954. The van der Waals surface area contributed by atoms with Crippen LogP contribution in [-0.4, -0.2) is 57.2 Å². The molecule has 1 fully saturated rings. The summed E-state index contributed by atoms with van der Waals surface area (Å²) in [6, 6.07) is 5.89. The van der Waals surface area contributed by atoms with Crippen LogP contribution in [0.5, 0.6) is 0 Å². The normalized spacial score (nSPS) is 20.9. The third-order valence-corrected chi connectivity index (χ3v) is 6.41. The van der Waals surface area contributed by atoms with Crippen LogP contribution in [0.4, 0.5) is 4.39 Å². The second kappa shape index (κ2) is 8.02. The second-order valence-corrected chi connectivity index (χ2v) is 8.44. The maximum atomic E-state index is 13.4. The molecule has 2 heterocycles. The summed E-state index contributed by atoms with van der Waals surface area (Å²) in [5, 5.41) is 0. The Morgan fingerprint density at radius 1 is 1.30 bits per heavy atom. The Kier molecular flexibility index (Phi) is 5.90. The van der Waals surface area contributed by atoms with Crippen molar-refractivity contribution in [3.63, 3.8) is 0 Å². The molecular weight excluding hydrogens is 369 g/mol. The predicted molar refractivity (Wildman–Crippen MR) is 101 cm³/mol. The number of aryl methyl sites for hydroxylation is 1. The molecule has 2 atom stereocenters. The zero-order valence-corrected chi connectivity index (χ0v) is 16.5. The molecule has 0 radical (unpaired) electrons. The van der Waals surface area contributed by atoms with Gasteiger partial charge in [-0.05, 0) is 42.8 Å². The number of ether oxygens (including phenoxy) is 1. The molecule has 8 heteroatoms. The lowest BCUT2D eigenvalue weighted by Gasteiger charge is -2.19. The molecule has 0 spiro atoms. The van der Waals surface area contributed by atoms with Gasteiger partial charge in [0.05, 0.1) is 23.2 Å². The third kappa shape index (κ3) is 4.35. The van der Waals surface area contributed by atoms with Crippen LogP contribution < -0.4 is 4.72 Å². The maximum Gasteiger partial charge on any atom is 0.240 e. The van der Waals surface area contributed by atoms with Gasteiger partial charge in [-0.1, -0.05) is 13.0 Å². The minimum absolute atomic E-state index is 0.179. The van der Waals surface area contributed by atoms with Crippen LogP contribution in [0.15, 0.2) is 41.6 Å². The SMILES string of the molecule is CCN1C[C@H](NS(=O)(=O)c2ccc(-c3cncc(F)c3)c(C)c2)[C@@H](OC)C1. The van der Waals surface area contributed by atoms with E-state index in [1.165, 1.54) is 12.1 Å². The molecule has 6 nitrogen and oxygen atoms in total. The smallest absolute Gasteiger partial charge is 0.240 e. The van der Waals surface area contributed by atoms with Gasteiger partial charge in [0.25, 0.3) is 0 Å². The summed E-state index contributed by atoms with van der Waals surface area (Å²) in [5.41, 5.74) is 2.09. The first-order valence-corrected chi connectivity index (χ1v) is 10.3. The van der Waals surface area contributed by atoms with E-state index in [0.717, 1.165) is 23.9 Å². The van der Waals surface area contributed by atoms with Gasteiger partial charge in [0.2, 0.25) is 10.0 Å². The van der Waals surface area contributed by atoms with Crippen molar-refractivity contribution in [1.29, 1.82) is 0 Å². The Morgan fingerprint density at radius 3 is 2.70 bits per heavy atom. The molecule has 0 saturated carbocycles. The summed E-state index contributed by atoms with van der Waals surface area (Å²) in [6.07, 6.45) is 2.51. The molecular formula is C19H24FN3O3S. The van der Waals surface area contributed by atoms with E-state index in [9.17, 15) is 12.8 Å². The predicted octanol–water partition coefficient (Wildman–Crippen LogP) is 2.19. The van der Waals surface area contributed by atoms with Crippen molar-refractivity contribution >= 4 is 10.0 Å². The van der Waals surface area contributed by atoms with E-state index in [-0.39, 0.29) is 17.0 Å². The van der Waals surface area contributed by atoms with Crippen molar-refractivity contribution in [1.82, 2.24) is 14.6 Å². The highest BCUT2D eigenvalue weighted by atomic mass is 32.2.